The molecule has 0 aliphatic heterocycles. The van der Waals surface area contributed by atoms with Crippen molar-refractivity contribution < 1.29 is 4.42 Å². The first-order valence-electron chi connectivity index (χ1n) is 4.62. The van der Waals surface area contributed by atoms with Crippen molar-refractivity contribution >= 4 is 15.9 Å². The first kappa shape index (κ1) is 10.4. The maximum absolute atomic E-state index is 5.08. The van der Waals surface area contributed by atoms with E-state index >= 15 is 0 Å². The predicted molar refractivity (Wildman–Crippen MR) is 61.5 cm³/mol. The highest BCUT2D eigenvalue weighted by molar-refractivity contribution is 9.10. The second kappa shape index (κ2) is 4.59. The average molecular weight is 267 g/mol. The summed E-state index contributed by atoms with van der Waals surface area (Å²) in [6, 6.07) is 5.87. The fourth-order valence-electron chi connectivity index (χ4n) is 1.51. The summed E-state index contributed by atoms with van der Waals surface area (Å²) in [6.07, 6.45) is 5.17. The molecule has 1 atom stereocenters. The van der Waals surface area contributed by atoms with Crippen molar-refractivity contribution in [2.45, 2.75) is 6.04 Å². The van der Waals surface area contributed by atoms with Gasteiger partial charge >= 0.3 is 0 Å². The quantitative estimate of drug-likeness (QED) is 0.929. The van der Waals surface area contributed by atoms with Gasteiger partial charge in [0.25, 0.3) is 0 Å². The van der Waals surface area contributed by atoms with Gasteiger partial charge in [-0.1, -0.05) is 0 Å². The lowest BCUT2D eigenvalue weighted by Gasteiger charge is -2.14. The zero-order chi connectivity index (χ0) is 10.7. The number of halogens is 1. The van der Waals surface area contributed by atoms with Crippen LogP contribution in [0.1, 0.15) is 17.3 Å². The van der Waals surface area contributed by atoms with Crippen LogP contribution < -0.4 is 5.32 Å². The molecule has 0 amide bonds. The van der Waals surface area contributed by atoms with Gasteiger partial charge < -0.3 is 9.73 Å². The molecule has 2 heterocycles. The van der Waals surface area contributed by atoms with E-state index in [2.05, 4.69) is 26.2 Å². The van der Waals surface area contributed by atoms with Crippen molar-refractivity contribution in [2.75, 3.05) is 7.05 Å². The van der Waals surface area contributed by atoms with E-state index < -0.39 is 0 Å². The molecular formula is C11H11BrN2O. The lowest BCUT2D eigenvalue weighted by molar-refractivity contribution is 0.556. The van der Waals surface area contributed by atoms with E-state index in [0.717, 1.165) is 15.7 Å². The molecular weight excluding hydrogens is 256 g/mol. The molecule has 0 saturated carbocycles. The van der Waals surface area contributed by atoms with Gasteiger partial charge in [0.2, 0.25) is 0 Å². The maximum atomic E-state index is 5.08. The molecule has 2 aromatic heterocycles. The molecule has 0 spiro atoms. The molecule has 0 fully saturated rings. The van der Waals surface area contributed by atoms with Crippen LogP contribution >= 0.6 is 15.9 Å². The summed E-state index contributed by atoms with van der Waals surface area (Å²) in [6.45, 7) is 0. The molecule has 2 aromatic rings. The third kappa shape index (κ3) is 2.11. The molecule has 1 N–H and O–H groups in total. The van der Waals surface area contributed by atoms with Crippen LogP contribution in [0.15, 0.2) is 45.8 Å². The van der Waals surface area contributed by atoms with Gasteiger partial charge in [-0.25, -0.2) is 0 Å². The van der Waals surface area contributed by atoms with Crippen molar-refractivity contribution in [1.82, 2.24) is 10.3 Å². The highest BCUT2D eigenvalue weighted by atomic mass is 79.9. The van der Waals surface area contributed by atoms with Crippen LogP contribution in [-0.4, -0.2) is 12.0 Å². The highest BCUT2D eigenvalue weighted by Gasteiger charge is 2.16. The molecule has 0 bridgehead atoms. The Balaban J connectivity index is 2.40. The lowest BCUT2D eigenvalue weighted by Crippen LogP contribution is -2.18. The number of hydrogen-bond acceptors (Lipinski definition) is 3. The lowest BCUT2D eigenvalue weighted by atomic mass is 10.1. The Hall–Kier alpha value is -1.13. The van der Waals surface area contributed by atoms with E-state index in [1.54, 1.807) is 18.7 Å². The SMILES string of the molecule is CNC(c1ccoc1)c1ncccc1Br. The summed E-state index contributed by atoms with van der Waals surface area (Å²) in [7, 11) is 1.90. The largest absolute Gasteiger partial charge is 0.472 e. The van der Waals surface area contributed by atoms with Crippen LogP contribution in [0.3, 0.4) is 0 Å². The fourth-order valence-corrected chi connectivity index (χ4v) is 1.99. The number of pyridine rings is 1. The van der Waals surface area contributed by atoms with Crippen LogP contribution in [-0.2, 0) is 0 Å². The molecule has 78 valence electrons. The molecule has 0 aromatic carbocycles. The summed E-state index contributed by atoms with van der Waals surface area (Å²) in [5.41, 5.74) is 2.03. The van der Waals surface area contributed by atoms with Gasteiger partial charge in [-0.3, -0.25) is 4.98 Å². The van der Waals surface area contributed by atoms with Gasteiger partial charge in [0.1, 0.15) is 0 Å². The van der Waals surface area contributed by atoms with Gasteiger partial charge in [-0.05, 0) is 41.2 Å². The standard InChI is InChI=1S/C11H11BrN2O/c1-13-10(8-4-6-15-7-8)11-9(12)3-2-5-14-11/h2-7,10,13H,1H3. The van der Waals surface area contributed by atoms with Crippen LogP contribution in [0, 0.1) is 0 Å². The first-order valence-corrected chi connectivity index (χ1v) is 5.42. The van der Waals surface area contributed by atoms with Gasteiger partial charge in [0.15, 0.2) is 0 Å². The third-order valence-corrected chi connectivity index (χ3v) is 2.90. The topological polar surface area (TPSA) is 38.1 Å². The van der Waals surface area contributed by atoms with E-state index in [9.17, 15) is 0 Å². The van der Waals surface area contributed by atoms with Crippen LogP contribution in [0.25, 0.3) is 0 Å². The molecule has 0 aliphatic rings. The number of nitrogens with zero attached hydrogens (tertiary/aromatic N) is 1. The normalized spacial score (nSPS) is 12.7. The van der Waals surface area contributed by atoms with Crippen molar-refractivity contribution in [3.05, 3.63) is 52.7 Å². The van der Waals surface area contributed by atoms with Crippen molar-refractivity contribution in [3.8, 4) is 0 Å². The number of rotatable bonds is 3. The summed E-state index contributed by atoms with van der Waals surface area (Å²) in [5.74, 6) is 0. The van der Waals surface area contributed by atoms with E-state index in [4.69, 9.17) is 4.42 Å². The van der Waals surface area contributed by atoms with E-state index in [-0.39, 0.29) is 6.04 Å². The Labute approximate surface area is 96.6 Å². The van der Waals surface area contributed by atoms with Crippen molar-refractivity contribution in [2.24, 2.45) is 0 Å². The van der Waals surface area contributed by atoms with Gasteiger partial charge in [0.05, 0.1) is 24.3 Å². The first-order chi connectivity index (χ1) is 7.33. The molecule has 0 saturated heterocycles. The fraction of sp³-hybridized carbons (Fsp3) is 0.182. The number of aromatic nitrogens is 1. The molecule has 15 heavy (non-hydrogen) atoms. The zero-order valence-corrected chi connectivity index (χ0v) is 9.86. The van der Waals surface area contributed by atoms with Crippen molar-refractivity contribution in [3.63, 3.8) is 0 Å². The second-order valence-electron chi connectivity index (χ2n) is 3.15. The van der Waals surface area contributed by atoms with E-state index in [1.807, 2.05) is 25.2 Å². The monoisotopic (exact) mass is 266 g/mol. The van der Waals surface area contributed by atoms with E-state index in [1.165, 1.54) is 0 Å². The number of hydrogen-bond donors (Lipinski definition) is 1. The molecule has 0 radical (unpaired) electrons. The highest BCUT2D eigenvalue weighted by Crippen LogP contribution is 2.26. The summed E-state index contributed by atoms with van der Waals surface area (Å²) in [5, 5.41) is 3.21. The molecule has 2 rings (SSSR count). The molecule has 0 aliphatic carbocycles. The molecule has 4 heteroatoms. The number of nitrogens with one attached hydrogen (secondary N) is 1. The minimum atomic E-state index is 0.0549. The second-order valence-corrected chi connectivity index (χ2v) is 4.00. The Morgan fingerprint density at radius 3 is 2.93 bits per heavy atom. The summed E-state index contributed by atoms with van der Waals surface area (Å²) < 4.78 is 6.07. The average Bonchev–Trinajstić information content (AvgIpc) is 2.75. The minimum absolute atomic E-state index is 0.0549. The van der Waals surface area contributed by atoms with Gasteiger partial charge in [-0.15, -0.1) is 0 Å². The Kier molecular flexibility index (Phi) is 3.18. The summed E-state index contributed by atoms with van der Waals surface area (Å²) >= 11 is 3.49. The predicted octanol–water partition coefficient (Wildman–Crippen LogP) is 2.75. The smallest absolute Gasteiger partial charge is 0.0954 e. The van der Waals surface area contributed by atoms with E-state index in [0.29, 0.717) is 0 Å². The Morgan fingerprint density at radius 1 is 1.47 bits per heavy atom. The Morgan fingerprint density at radius 2 is 2.33 bits per heavy atom. The zero-order valence-electron chi connectivity index (χ0n) is 8.27. The molecule has 1 unspecified atom stereocenters. The number of furan rings is 1. The van der Waals surface area contributed by atoms with Crippen LogP contribution in [0.4, 0.5) is 0 Å². The Bertz CT molecular complexity index is 428. The third-order valence-electron chi connectivity index (χ3n) is 2.23. The van der Waals surface area contributed by atoms with Crippen molar-refractivity contribution in [1.29, 1.82) is 0 Å². The minimum Gasteiger partial charge on any atom is -0.472 e. The maximum Gasteiger partial charge on any atom is 0.0954 e. The van der Waals surface area contributed by atoms with Gasteiger partial charge in [-0.2, -0.15) is 0 Å². The van der Waals surface area contributed by atoms with Crippen LogP contribution in [0.2, 0.25) is 0 Å². The van der Waals surface area contributed by atoms with Gasteiger partial charge in [0, 0.05) is 16.2 Å². The van der Waals surface area contributed by atoms with Crippen LogP contribution in [0.5, 0.6) is 0 Å². The summed E-state index contributed by atoms with van der Waals surface area (Å²) in [4.78, 5) is 4.35. The molecule has 3 nitrogen and oxygen atoms in total.